The van der Waals surface area contributed by atoms with Gasteiger partial charge in [-0.05, 0) is 67.1 Å². The van der Waals surface area contributed by atoms with E-state index in [1.807, 2.05) is 84.2 Å². The second-order valence-corrected chi connectivity index (χ2v) is 11.2. The van der Waals surface area contributed by atoms with E-state index < -0.39 is 5.82 Å². The summed E-state index contributed by atoms with van der Waals surface area (Å²) in [6, 6.07) is 30.8. The summed E-state index contributed by atoms with van der Waals surface area (Å²) in [5.74, 6) is 1.53. The fourth-order valence-electron chi connectivity index (χ4n) is 5.48. The van der Waals surface area contributed by atoms with Crippen LogP contribution in [0.5, 0.6) is 0 Å². The fraction of sp³-hybridized carbons (Fsp3) is 0.0938. The van der Waals surface area contributed by atoms with Crippen LogP contribution in [0.3, 0.4) is 0 Å². The van der Waals surface area contributed by atoms with Crippen LogP contribution in [0.1, 0.15) is 22.9 Å². The molecule has 0 amide bonds. The van der Waals surface area contributed by atoms with E-state index in [1.54, 1.807) is 12.1 Å². The number of fused-ring (bicyclic) bond motifs is 4. The highest BCUT2D eigenvalue weighted by Crippen LogP contribution is 2.48. The third-order valence-electron chi connectivity index (χ3n) is 7.39. The molecule has 9 heteroatoms. The first-order valence-corrected chi connectivity index (χ1v) is 14.2. The molecule has 3 heterocycles. The maximum absolute atomic E-state index is 14.1. The van der Waals surface area contributed by atoms with Crippen LogP contribution in [-0.4, -0.2) is 28.5 Å². The van der Waals surface area contributed by atoms with E-state index in [4.69, 9.17) is 26.7 Å². The van der Waals surface area contributed by atoms with Crippen molar-refractivity contribution in [1.82, 2.24) is 9.78 Å². The van der Waals surface area contributed by atoms with Gasteiger partial charge in [0, 0.05) is 22.8 Å². The van der Waals surface area contributed by atoms with Crippen molar-refractivity contribution < 1.29 is 4.39 Å². The highest BCUT2D eigenvalue weighted by molar-refractivity contribution is 9.10. The Bertz CT molecular complexity index is 1880. The number of aromatic nitrogens is 2. The summed E-state index contributed by atoms with van der Waals surface area (Å²) >= 11 is 9.88. The van der Waals surface area contributed by atoms with Gasteiger partial charge in [0.1, 0.15) is 5.82 Å². The van der Waals surface area contributed by atoms with Gasteiger partial charge in [-0.1, -0.05) is 70.0 Å². The minimum absolute atomic E-state index is 0.0423. The number of amidine groups is 2. The molecule has 7 rings (SSSR count). The van der Waals surface area contributed by atoms with E-state index in [2.05, 4.69) is 39.0 Å². The number of rotatable bonds is 3. The zero-order chi connectivity index (χ0) is 28.2. The highest BCUT2D eigenvalue weighted by atomic mass is 79.9. The van der Waals surface area contributed by atoms with Crippen molar-refractivity contribution in [2.75, 3.05) is 16.8 Å². The van der Waals surface area contributed by atoms with Crippen molar-refractivity contribution in [1.29, 1.82) is 0 Å². The number of hydrogen-bond acceptors (Lipinski definition) is 5. The molecule has 0 saturated heterocycles. The maximum atomic E-state index is 14.1. The Labute approximate surface area is 250 Å². The topological polar surface area (TPSA) is 49.0 Å². The van der Waals surface area contributed by atoms with E-state index in [1.165, 1.54) is 6.07 Å². The predicted molar refractivity (Wildman–Crippen MR) is 167 cm³/mol. The number of para-hydroxylation sites is 3. The molecule has 0 bridgehead atoms. The molecule has 6 nitrogen and oxygen atoms in total. The third-order valence-corrected chi connectivity index (χ3v) is 8.18. The quantitative estimate of drug-likeness (QED) is 0.202. The normalized spacial score (nSPS) is 15.4. The van der Waals surface area contributed by atoms with Crippen molar-refractivity contribution >= 4 is 62.1 Å². The lowest BCUT2D eigenvalue weighted by Gasteiger charge is -2.42. The number of benzene rings is 4. The Hall–Kier alpha value is -4.27. The predicted octanol–water partition coefficient (Wildman–Crippen LogP) is 8.56. The summed E-state index contributed by atoms with van der Waals surface area (Å²) in [5, 5.41) is 5.02. The summed E-state index contributed by atoms with van der Waals surface area (Å²) < 4.78 is 17.0. The van der Waals surface area contributed by atoms with Crippen LogP contribution in [0, 0.1) is 12.7 Å². The summed E-state index contributed by atoms with van der Waals surface area (Å²) in [6.07, 6.45) is 0. The van der Waals surface area contributed by atoms with E-state index >= 15 is 0 Å². The molecule has 0 spiro atoms. The molecule has 202 valence electrons. The van der Waals surface area contributed by atoms with E-state index in [0.29, 0.717) is 17.4 Å². The second kappa shape index (κ2) is 9.98. The Balaban J connectivity index is 1.52. The molecule has 0 radical (unpaired) electrons. The number of likely N-dealkylation sites (N-methyl/N-ethyl adjacent to an activating group) is 1. The van der Waals surface area contributed by atoms with Crippen LogP contribution in [0.15, 0.2) is 112 Å². The molecule has 41 heavy (non-hydrogen) atoms. The van der Waals surface area contributed by atoms with Gasteiger partial charge in [-0.3, -0.25) is 0 Å². The number of aliphatic imine (C=N–C) groups is 2. The van der Waals surface area contributed by atoms with Gasteiger partial charge in [0.05, 0.1) is 33.8 Å². The minimum atomic E-state index is -0.474. The maximum Gasteiger partial charge on any atom is 0.179 e. The zero-order valence-corrected chi connectivity index (χ0v) is 24.5. The van der Waals surface area contributed by atoms with Gasteiger partial charge in [0.15, 0.2) is 17.5 Å². The van der Waals surface area contributed by atoms with E-state index in [9.17, 15) is 4.39 Å². The van der Waals surface area contributed by atoms with Gasteiger partial charge in [-0.25, -0.2) is 19.1 Å². The minimum Gasteiger partial charge on any atom is -0.326 e. The van der Waals surface area contributed by atoms with Crippen LogP contribution in [0.4, 0.5) is 27.3 Å². The summed E-state index contributed by atoms with van der Waals surface area (Å²) in [6.45, 7) is 2.03. The van der Waals surface area contributed by atoms with Crippen LogP contribution >= 0.6 is 27.5 Å². The first kappa shape index (κ1) is 25.7. The average Bonchev–Trinajstić information content (AvgIpc) is 3.32. The van der Waals surface area contributed by atoms with Crippen LogP contribution < -0.4 is 9.80 Å². The van der Waals surface area contributed by atoms with Crippen molar-refractivity contribution in [2.24, 2.45) is 9.98 Å². The number of nitrogens with zero attached hydrogens (tertiary/aromatic N) is 6. The summed E-state index contributed by atoms with van der Waals surface area (Å²) in [7, 11) is 1.89. The van der Waals surface area contributed by atoms with Crippen molar-refractivity contribution in [2.45, 2.75) is 13.0 Å². The van der Waals surface area contributed by atoms with Gasteiger partial charge >= 0.3 is 0 Å². The Kier molecular flexibility index (Phi) is 6.25. The Morgan fingerprint density at radius 3 is 2.46 bits per heavy atom. The molecule has 0 aliphatic carbocycles. The lowest BCUT2D eigenvalue weighted by molar-refractivity contribution is 0.628. The number of aryl methyl sites for hydroxylation is 1. The number of hydrogen-bond donors (Lipinski definition) is 0. The van der Waals surface area contributed by atoms with Crippen molar-refractivity contribution in [3.8, 4) is 5.69 Å². The first-order chi connectivity index (χ1) is 19.9. The largest absolute Gasteiger partial charge is 0.326 e. The number of halogens is 3. The molecule has 4 aromatic carbocycles. The molecule has 2 aliphatic rings. The molecular formula is C32H23BrClFN6. The standard InChI is InChI=1S/C32H23BrClFN6/c1-19-28-29(20-9-8-10-21(33)17-20)40-27-14-7-6-13-26(27)36-31(39(2)23-15-16-25(35)24(34)18-23)32(40)37-30(28)41(38-19)22-11-4-3-5-12-22/h3-18,29H,1-2H3. The fourth-order valence-corrected chi connectivity index (χ4v) is 6.07. The lowest BCUT2D eigenvalue weighted by atomic mass is 9.93. The van der Waals surface area contributed by atoms with Crippen LogP contribution in [0.2, 0.25) is 5.02 Å². The van der Waals surface area contributed by atoms with Crippen LogP contribution in [-0.2, 0) is 0 Å². The first-order valence-electron chi connectivity index (χ1n) is 13.1. The van der Waals surface area contributed by atoms with Crippen molar-refractivity contribution in [3.05, 3.63) is 129 Å². The zero-order valence-electron chi connectivity index (χ0n) is 22.1. The Morgan fingerprint density at radius 2 is 1.68 bits per heavy atom. The number of anilines is 2. The molecule has 2 aliphatic heterocycles. The molecule has 0 fully saturated rings. The molecule has 1 unspecified atom stereocenters. The average molecular weight is 626 g/mol. The molecule has 1 aromatic heterocycles. The van der Waals surface area contributed by atoms with Crippen LogP contribution in [0.25, 0.3) is 5.69 Å². The van der Waals surface area contributed by atoms with E-state index in [-0.39, 0.29) is 11.1 Å². The van der Waals surface area contributed by atoms with Gasteiger partial charge in [0.2, 0.25) is 0 Å². The molecule has 5 aromatic rings. The SMILES string of the molecule is Cc1nn(-c2ccccc2)c2c1C(c1cccc(Br)c1)N1C(=N2)C(N(C)c2ccc(F)c(Cl)c2)=Nc2ccccc21. The lowest BCUT2D eigenvalue weighted by Crippen LogP contribution is -2.49. The summed E-state index contributed by atoms with van der Waals surface area (Å²) in [5.41, 5.74) is 6.31. The molecule has 1 atom stereocenters. The highest BCUT2D eigenvalue weighted by Gasteiger charge is 2.42. The third kappa shape index (κ3) is 4.26. The van der Waals surface area contributed by atoms with Gasteiger partial charge in [-0.15, -0.1) is 0 Å². The van der Waals surface area contributed by atoms with Gasteiger partial charge in [0.25, 0.3) is 0 Å². The Morgan fingerprint density at radius 1 is 0.902 bits per heavy atom. The van der Waals surface area contributed by atoms with Crippen molar-refractivity contribution in [3.63, 3.8) is 0 Å². The smallest absolute Gasteiger partial charge is 0.179 e. The van der Waals surface area contributed by atoms with Gasteiger partial charge in [-0.2, -0.15) is 5.10 Å². The molecule has 0 saturated carbocycles. The second-order valence-electron chi connectivity index (χ2n) is 9.91. The monoisotopic (exact) mass is 624 g/mol. The van der Waals surface area contributed by atoms with E-state index in [0.717, 1.165) is 44.2 Å². The molecule has 0 N–H and O–H groups in total. The summed E-state index contributed by atoms with van der Waals surface area (Å²) in [4.78, 5) is 14.5. The van der Waals surface area contributed by atoms with Gasteiger partial charge < -0.3 is 9.80 Å². The molecular weight excluding hydrogens is 603 g/mol.